The number of H-pyrrole nitrogens is 1. The van der Waals surface area contributed by atoms with Crippen molar-refractivity contribution in [2.75, 3.05) is 12.3 Å². The number of carbonyl (C=O) groups is 1. The van der Waals surface area contributed by atoms with E-state index in [4.69, 9.17) is 4.98 Å². The molecular formula is C26H23N3OS. The molecule has 0 radical (unpaired) electrons. The van der Waals surface area contributed by atoms with Gasteiger partial charge in [0.15, 0.2) is 5.16 Å². The van der Waals surface area contributed by atoms with Crippen LogP contribution < -0.4 is 0 Å². The van der Waals surface area contributed by atoms with Gasteiger partial charge in [-0.25, -0.2) is 4.98 Å². The molecule has 0 atom stereocenters. The predicted octanol–water partition coefficient (Wildman–Crippen LogP) is 5.42. The topological polar surface area (TPSA) is 49.0 Å². The van der Waals surface area contributed by atoms with Crippen molar-refractivity contribution >= 4 is 17.7 Å². The molecule has 0 saturated heterocycles. The summed E-state index contributed by atoms with van der Waals surface area (Å²) in [7, 11) is 0. The maximum absolute atomic E-state index is 12.9. The van der Waals surface area contributed by atoms with Crippen LogP contribution in [-0.4, -0.2) is 33.1 Å². The number of aromatic nitrogens is 2. The molecule has 1 N–H and O–H groups in total. The summed E-state index contributed by atoms with van der Waals surface area (Å²) in [6, 6.07) is 28.8. The molecule has 5 rings (SSSR count). The van der Waals surface area contributed by atoms with Crippen molar-refractivity contribution in [1.29, 1.82) is 0 Å². The fourth-order valence-electron chi connectivity index (χ4n) is 3.97. The Labute approximate surface area is 186 Å². The number of rotatable bonds is 5. The molecule has 2 heterocycles. The van der Waals surface area contributed by atoms with Crippen LogP contribution in [0.15, 0.2) is 90.1 Å². The quantitative estimate of drug-likeness (QED) is 0.434. The number of nitrogens with one attached hydrogen (secondary N) is 1. The highest BCUT2D eigenvalue weighted by atomic mass is 32.2. The van der Waals surface area contributed by atoms with Gasteiger partial charge in [-0.2, -0.15) is 0 Å². The summed E-state index contributed by atoms with van der Waals surface area (Å²) < 4.78 is 0. The lowest BCUT2D eigenvalue weighted by molar-refractivity contribution is -0.129. The lowest BCUT2D eigenvalue weighted by Gasteiger charge is -2.28. The first-order valence-corrected chi connectivity index (χ1v) is 11.4. The third kappa shape index (κ3) is 4.28. The Morgan fingerprint density at radius 3 is 2.26 bits per heavy atom. The predicted molar refractivity (Wildman–Crippen MR) is 126 cm³/mol. The SMILES string of the molecule is O=C(CSc1nc(-c2ccccc2)c(-c2ccccc2)[nH]1)N1CCc2ccccc2C1. The first kappa shape index (κ1) is 19.6. The summed E-state index contributed by atoms with van der Waals surface area (Å²) in [6.45, 7) is 1.47. The molecule has 1 aliphatic heterocycles. The van der Waals surface area contributed by atoms with E-state index in [1.807, 2.05) is 47.4 Å². The molecule has 0 unspecified atom stereocenters. The molecule has 154 valence electrons. The highest BCUT2D eigenvalue weighted by Gasteiger charge is 2.21. The van der Waals surface area contributed by atoms with Crippen molar-refractivity contribution in [3.05, 3.63) is 96.1 Å². The fourth-order valence-corrected chi connectivity index (χ4v) is 4.74. The minimum absolute atomic E-state index is 0.151. The van der Waals surface area contributed by atoms with Crippen LogP contribution >= 0.6 is 11.8 Å². The lowest BCUT2D eigenvalue weighted by atomic mass is 10.00. The zero-order valence-electron chi connectivity index (χ0n) is 17.1. The minimum atomic E-state index is 0.151. The Kier molecular flexibility index (Phi) is 5.59. The van der Waals surface area contributed by atoms with Crippen LogP contribution in [0.2, 0.25) is 0 Å². The van der Waals surface area contributed by atoms with Gasteiger partial charge in [-0.1, -0.05) is 96.7 Å². The van der Waals surface area contributed by atoms with Crippen molar-refractivity contribution in [3.63, 3.8) is 0 Å². The van der Waals surface area contributed by atoms with Crippen LogP contribution in [0.3, 0.4) is 0 Å². The first-order valence-electron chi connectivity index (χ1n) is 10.5. The zero-order valence-corrected chi connectivity index (χ0v) is 17.9. The Hall–Kier alpha value is -3.31. The van der Waals surface area contributed by atoms with E-state index in [-0.39, 0.29) is 5.91 Å². The Bertz CT molecular complexity index is 1130. The van der Waals surface area contributed by atoms with Crippen LogP contribution in [-0.2, 0) is 17.8 Å². The van der Waals surface area contributed by atoms with Crippen LogP contribution in [0.1, 0.15) is 11.1 Å². The van der Waals surface area contributed by atoms with Crippen LogP contribution in [0.4, 0.5) is 0 Å². The number of aromatic amines is 1. The maximum atomic E-state index is 12.9. The number of thioether (sulfide) groups is 1. The molecule has 3 aromatic carbocycles. The van der Waals surface area contributed by atoms with Gasteiger partial charge < -0.3 is 9.88 Å². The maximum Gasteiger partial charge on any atom is 0.233 e. The number of benzene rings is 3. The second-order valence-electron chi connectivity index (χ2n) is 7.62. The molecular weight excluding hydrogens is 402 g/mol. The van der Waals surface area contributed by atoms with E-state index in [1.165, 1.54) is 22.9 Å². The molecule has 0 spiro atoms. The minimum Gasteiger partial charge on any atom is -0.337 e. The summed E-state index contributed by atoms with van der Waals surface area (Å²) in [5.74, 6) is 0.524. The molecule has 4 nitrogen and oxygen atoms in total. The number of hydrogen-bond acceptors (Lipinski definition) is 3. The normalized spacial score (nSPS) is 13.1. The lowest BCUT2D eigenvalue weighted by Crippen LogP contribution is -2.37. The van der Waals surface area contributed by atoms with E-state index >= 15 is 0 Å². The van der Waals surface area contributed by atoms with Crippen molar-refractivity contribution in [2.45, 2.75) is 18.1 Å². The van der Waals surface area contributed by atoms with E-state index in [9.17, 15) is 4.79 Å². The van der Waals surface area contributed by atoms with Gasteiger partial charge in [0, 0.05) is 24.2 Å². The Morgan fingerprint density at radius 1 is 0.871 bits per heavy atom. The Balaban J connectivity index is 1.34. The molecule has 1 aliphatic rings. The molecule has 1 aromatic heterocycles. The molecule has 0 fully saturated rings. The van der Waals surface area contributed by atoms with E-state index < -0.39 is 0 Å². The van der Waals surface area contributed by atoms with Gasteiger partial charge in [-0.15, -0.1) is 0 Å². The van der Waals surface area contributed by atoms with Gasteiger partial charge in [0.1, 0.15) is 0 Å². The number of amides is 1. The van der Waals surface area contributed by atoms with Crippen molar-refractivity contribution in [2.24, 2.45) is 0 Å². The summed E-state index contributed by atoms with van der Waals surface area (Å²) in [4.78, 5) is 23.1. The van der Waals surface area contributed by atoms with Gasteiger partial charge in [-0.05, 0) is 17.5 Å². The van der Waals surface area contributed by atoms with Crippen LogP contribution in [0.5, 0.6) is 0 Å². The molecule has 0 saturated carbocycles. The number of imidazole rings is 1. The molecule has 5 heteroatoms. The van der Waals surface area contributed by atoms with E-state index in [0.717, 1.165) is 40.6 Å². The van der Waals surface area contributed by atoms with Gasteiger partial charge in [0.2, 0.25) is 5.91 Å². The second kappa shape index (κ2) is 8.82. The average Bonchev–Trinajstić information content (AvgIpc) is 3.28. The Morgan fingerprint density at radius 2 is 1.52 bits per heavy atom. The first-order chi connectivity index (χ1) is 15.3. The summed E-state index contributed by atoms with van der Waals surface area (Å²) >= 11 is 1.47. The second-order valence-corrected chi connectivity index (χ2v) is 8.58. The highest BCUT2D eigenvalue weighted by molar-refractivity contribution is 7.99. The molecule has 0 bridgehead atoms. The smallest absolute Gasteiger partial charge is 0.233 e. The third-order valence-electron chi connectivity index (χ3n) is 5.61. The molecule has 0 aliphatic carbocycles. The molecule has 31 heavy (non-hydrogen) atoms. The number of fused-ring (bicyclic) bond motifs is 1. The number of carbonyl (C=O) groups excluding carboxylic acids is 1. The monoisotopic (exact) mass is 425 g/mol. The van der Waals surface area contributed by atoms with Crippen molar-refractivity contribution < 1.29 is 4.79 Å². The zero-order chi connectivity index (χ0) is 21.0. The van der Waals surface area contributed by atoms with Gasteiger partial charge in [0.05, 0.1) is 17.1 Å². The van der Waals surface area contributed by atoms with Crippen LogP contribution in [0.25, 0.3) is 22.5 Å². The molecule has 1 amide bonds. The fraction of sp³-hybridized carbons (Fsp3) is 0.154. The summed E-state index contributed by atoms with van der Waals surface area (Å²) in [5.41, 5.74) is 6.64. The number of hydrogen-bond donors (Lipinski definition) is 1. The van der Waals surface area contributed by atoms with E-state index in [2.05, 4.69) is 47.4 Å². The van der Waals surface area contributed by atoms with Crippen LogP contribution in [0, 0.1) is 0 Å². The largest absolute Gasteiger partial charge is 0.337 e. The van der Waals surface area contributed by atoms with Crippen molar-refractivity contribution in [3.8, 4) is 22.5 Å². The van der Waals surface area contributed by atoms with Gasteiger partial charge >= 0.3 is 0 Å². The highest BCUT2D eigenvalue weighted by Crippen LogP contribution is 2.32. The average molecular weight is 426 g/mol. The van der Waals surface area contributed by atoms with Crippen molar-refractivity contribution in [1.82, 2.24) is 14.9 Å². The van der Waals surface area contributed by atoms with Gasteiger partial charge in [0.25, 0.3) is 0 Å². The van der Waals surface area contributed by atoms with E-state index in [0.29, 0.717) is 12.3 Å². The summed E-state index contributed by atoms with van der Waals surface area (Å²) in [6.07, 6.45) is 0.920. The van der Waals surface area contributed by atoms with E-state index in [1.54, 1.807) is 0 Å². The third-order valence-corrected chi connectivity index (χ3v) is 6.47. The molecule has 4 aromatic rings. The standard InChI is InChI=1S/C26H23N3OS/c30-23(29-16-15-19-9-7-8-14-22(19)17-29)18-31-26-27-24(20-10-3-1-4-11-20)25(28-26)21-12-5-2-6-13-21/h1-14H,15-18H2,(H,27,28). The number of nitrogens with zero attached hydrogens (tertiary/aromatic N) is 2. The summed E-state index contributed by atoms with van der Waals surface area (Å²) in [5, 5.41) is 0.767. The van der Waals surface area contributed by atoms with Gasteiger partial charge in [-0.3, -0.25) is 4.79 Å².